The normalized spacial score (nSPS) is 19.7. The Morgan fingerprint density at radius 1 is 1.40 bits per heavy atom. The van der Waals surface area contributed by atoms with E-state index in [1.165, 1.54) is 0 Å². The first kappa shape index (κ1) is 18.4. The smallest absolute Gasteiger partial charge is 0.410 e. The highest BCUT2D eigenvalue weighted by molar-refractivity contribution is 5.99. The summed E-state index contributed by atoms with van der Waals surface area (Å²) in [6.45, 7) is 6.42. The zero-order valence-electron chi connectivity index (χ0n) is 14.8. The maximum Gasteiger partial charge on any atom is 0.410 e. The molecule has 7 N–H and O–H groups in total. The van der Waals surface area contributed by atoms with Crippen LogP contribution in [0.25, 0.3) is 0 Å². The summed E-state index contributed by atoms with van der Waals surface area (Å²) in [5.74, 6) is -0.0598. The number of amidine groups is 1. The molecule has 2 rings (SSSR count). The van der Waals surface area contributed by atoms with Crippen molar-refractivity contribution in [2.75, 3.05) is 13.1 Å². The predicted molar refractivity (Wildman–Crippen MR) is 97.1 cm³/mol. The minimum absolute atomic E-state index is 0.0598. The molecule has 0 fully saturated rings. The largest absolute Gasteiger partial charge is 0.444 e. The maximum absolute atomic E-state index is 12.1. The van der Waals surface area contributed by atoms with Gasteiger partial charge in [0.25, 0.3) is 0 Å². The summed E-state index contributed by atoms with van der Waals surface area (Å²) in [4.78, 5) is 13.7. The van der Waals surface area contributed by atoms with Gasteiger partial charge in [-0.1, -0.05) is 6.08 Å². The lowest BCUT2D eigenvalue weighted by atomic mass is 9.97. The average Bonchev–Trinajstić information content (AvgIpc) is 3.05. The first-order valence-electron chi connectivity index (χ1n) is 8.08. The van der Waals surface area contributed by atoms with E-state index in [0.29, 0.717) is 36.5 Å². The number of hydrazine groups is 1. The lowest BCUT2D eigenvalue weighted by Gasteiger charge is -2.30. The van der Waals surface area contributed by atoms with Gasteiger partial charge in [-0.3, -0.25) is 10.8 Å². The standard InChI is InChI=1S/C17H26N6O2/c1-17(2,3)25-16(24)23-8-5-11(6-9-23)12(15(19)20)10-13(18)14-4-7-21-22-14/h4-5,7,10,21-22H,6,8-9,18H2,1-3H3,(H3,19,20)/b12-10-,14-13-. The van der Waals surface area contributed by atoms with E-state index in [0.717, 1.165) is 5.57 Å². The fraction of sp³-hybridized carbons (Fsp3) is 0.412. The van der Waals surface area contributed by atoms with Gasteiger partial charge >= 0.3 is 6.09 Å². The van der Waals surface area contributed by atoms with Crippen molar-refractivity contribution in [3.63, 3.8) is 0 Å². The Morgan fingerprint density at radius 3 is 2.60 bits per heavy atom. The lowest BCUT2D eigenvalue weighted by Crippen LogP contribution is -2.39. The molecule has 0 aliphatic carbocycles. The third-order valence-corrected chi connectivity index (χ3v) is 3.65. The first-order chi connectivity index (χ1) is 11.7. The second-order valence-electron chi connectivity index (χ2n) is 6.85. The highest BCUT2D eigenvalue weighted by Gasteiger charge is 2.24. The third kappa shape index (κ3) is 5.03. The molecule has 0 atom stereocenters. The van der Waals surface area contributed by atoms with E-state index in [-0.39, 0.29) is 11.9 Å². The molecule has 2 aliphatic rings. The predicted octanol–water partition coefficient (Wildman–Crippen LogP) is 1.21. The molecule has 0 bridgehead atoms. The van der Waals surface area contributed by atoms with Crippen molar-refractivity contribution in [2.24, 2.45) is 11.5 Å². The number of hydrogen-bond acceptors (Lipinski definition) is 6. The molecule has 136 valence electrons. The Bertz CT molecular complexity index is 682. The van der Waals surface area contributed by atoms with Crippen LogP contribution in [-0.4, -0.2) is 35.5 Å². The van der Waals surface area contributed by atoms with Crippen molar-refractivity contribution in [1.29, 1.82) is 5.41 Å². The molecule has 1 amide bonds. The number of hydrogen-bond donors (Lipinski definition) is 5. The second-order valence-corrected chi connectivity index (χ2v) is 6.85. The fourth-order valence-corrected chi connectivity index (χ4v) is 2.44. The van der Waals surface area contributed by atoms with E-state index in [1.807, 2.05) is 26.8 Å². The summed E-state index contributed by atoms with van der Waals surface area (Å²) in [7, 11) is 0. The Hall–Kier alpha value is -2.90. The summed E-state index contributed by atoms with van der Waals surface area (Å²) < 4.78 is 5.38. The molecule has 0 saturated heterocycles. The van der Waals surface area contributed by atoms with Gasteiger partial charge in [0.2, 0.25) is 0 Å². The van der Waals surface area contributed by atoms with E-state index in [9.17, 15) is 4.79 Å². The van der Waals surface area contributed by atoms with Gasteiger partial charge in [-0.15, -0.1) is 0 Å². The van der Waals surface area contributed by atoms with Gasteiger partial charge in [0, 0.05) is 24.9 Å². The van der Waals surface area contributed by atoms with E-state index >= 15 is 0 Å². The molecule has 0 saturated carbocycles. The van der Waals surface area contributed by atoms with E-state index in [4.69, 9.17) is 21.6 Å². The molecule has 0 aromatic heterocycles. The van der Waals surface area contributed by atoms with Gasteiger partial charge < -0.3 is 26.5 Å². The molecule has 0 spiro atoms. The van der Waals surface area contributed by atoms with Crippen LogP contribution >= 0.6 is 0 Å². The fourth-order valence-electron chi connectivity index (χ4n) is 2.44. The molecule has 2 heterocycles. The van der Waals surface area contributed by atoms with Crippen molar-refractivity contribution < 1.29 is 9.53 Å². The third-order valence-electron chi connectivity index (χ3n) is 3.65. The first-order valence-corrected chi connectivity index (χ1v) is 8.08. The van der Waals surface area contributed by atoms with Gasteiger partial charge in [0.15, 0.2) is 0 Å². The van der Waals surface area contributed by atoms with Gasteiger partial charge in [-0.25, -0.2) is 4.79 Å². The number of carbonyl (C=O) groups excluding carboxylic acids is 1. The minimum Gasteiger partial charge on any atom is -0.444 e. The van der Waals surface area contributed by atoms with E-state index < -0.39 is 5.60 Å². The molecule has 8 nitrogen and oxygen atoms in total. The topological polar surface area (TPSA) is 129 Å². The van der Waals surface area contributed by atoms with E-state index in [2.05, 4.69) is 10.9 Å². The van der Waals surface area contributed by atoms with Gasteiger partial charge in [-0.05, 0) is 44.9 Å². The van der Waals surface area contributed by atoms with Gasteiger partial charge in [0.05, 0.1) is 11.4 Å². The van der Waals surface area contributed by atoms with Crippen LogP contribution in [0.2, 0.25) is 0 Å². The number of nitrogens with two attached hydrogens (primary N) is 2. The minimum atomic E-state index is -0.526. The molecule has 25 heavy (non-hydrogen) atoms. The number of rotatable bonds is 3. The van der Waals surface area contributed by atoms with Crippen LogP contribution in [0.15, 0.2) is 47.0 Å². The summed E-state index contributed by atoms with van der Waals surface area (Å²) in [5, 5.41) is 7.84. The van der Waals surface area contributed by atoms with Crippen LogP contribution in [0.1, 0.15) is 27.2 Å². The van der Waals surface area contributed by atoms with Gasteiger partial charge in [-0.2, -0.15) is 0 Å². The second kappa shape index (κ2) is 7.33. The highest BCUT2D eigenvalue weighted by atomic mass is 16.6. The van der Waals surface area contributed by atoms with Crippen LogP contribution in [0.5, 0.6) is 0 Å². The molecular weight excluding hydrogens is 320 g/mol. The van der Waals surface area contributed by atoms with Crippen LogP contribution in [-0.2, 0) is 4.74 Å². The van der Waals surface area contributed by atoms with Crippen molar-refractivity contribution >= 4 is 11.9 Å². The Kier molecular flexibility index (Phi) is 5.41. The zero-order chi connectivity index (χ0) is 18.6. The summed E-state index contributed by atoms with van der Waals surface area (Å²) in [6, 6.07) is 0. The molecule has 8 heteroatoms. The summed E-state index contributed by atoms with van der Waals surface area (Å²) in [6.07, 6.45) is 7.32. The van der Waals surface area contributed by atoms with Crippen LogP contribution in [0.3, 0.4) is 0 Å². The Balaban J connectivity index is 2.14. The zero-order valence-corrected chi connectivity index (χ0v) is 14.8. The monoisotopic (exact) mass is 346 g/mol. The van der Waals surface area contributed by atoms with Crippen molar-refractivity contribution in [1.82, 2.24) is 15.8 Å². The van der Waals surface area contributed by atoms with Gasteiger partial charge in [0.1, 0.15) is 11.4 Å². The van der Waals surface area contributed by atoms with Crippen molar-refractivity contribution in [3.8, 4) is 0 Å². The van der Waals surface area contributed by atoms with Crippen molar-refractivity contribution in [3.05, 3.63) is 47.0 Å². The SMILES string of the molecule is CC(C)(C)OC(=O)N1CC=C(/C(=C/C(N)=C2\C=CNN2)C(=N)N)CC1. The number of ether oxygens (including phenoxy) is 1. The number of nitrogens with zero attached hydrogens (tertiary/aromatic N) is 1. The number of nitrogens with one attached hydrogen (secondary N) is 3. The van der Waals surface area contributed by atoms with Crippen LogP contribution in [0.4, 0.5) is 4.79 Å². The maximum atomic E-state index is 12.1. The molecular formula is C17H26N6O2. The van der Waals surface area contributed by atoms with E-state index in [1.54, 1.807) is 23.3 Å². The molecule has 2 aliphatic heterocycles. The lowest BCUT2D eigenvalue weighted by molar-refractivity contribution is 0.0266. The number of carbonyl (C=O) groups is 1. The Labute approximate surface area is 147 Å². The van der Waals surface area contributed by atoms with Crippen LogP contribution < -0.4 is 22.3 Å². The molecule has 0 radical (unpaired) electrons. The molecule has 0 aromatic carbocycles. The quantitative estimate of drug-likeness (QED) is 0.386. The number of allylic oxidation sites excluding steroid dienone is 2. The molecule has 0 unspecified atom stereocenters. The highest BCUT2D eigenvalue weighted by Crippen LogP contribution is 2.22. The number of amides is 1. The van der Waals surface area contributed by atoms with Crippen LogP contribution in [0, 0.1) is 5.41 Å². The average molecular weight is 346 g/mol. The summed E-state index contributed by atoms with van der Waals surface area (Å²) >= 11 is 0. The Morgan fingerprint density at radius 2 is 2.12 bits per heavy atom. The van der Waals surface area contributed by atoms with Crippen molar-refractivity contribution in [2.45, 2.75) is 32.8 Å². The molecule has 0 aromatic rings. The summed E-state index contributed by atoms with van der Waals surface area (Å²) in [5.41, 5.74) is 19.6.